The molecule has 3 heterocycles. The molecule has 156 valence electrons. The molecule has 0 bridgehead atoms. The Balaban J connectivity index is 1.42. The van der Waals surface area contributed by atoms with Crippen molar-refractivity contribution in [2.24, 2.45) is 0 Å². The predicted octanol–water partition coefficient (Wildman–Crippen LogP) is 6.07. The number of halogens is 1. The third-order valence-electron chi connectivity index (χ3n) is 5.04. The van der Waals surface area contributed by atoms with Gasteiger partial charge in [0.25, 0.3) is 0 Å². The Labute approximate surface area is 188 Å². The number of benzene rings is 2. The highest BCUT2D eigenvalue weighted by molar-refractivity contribution is 7.17. The molecule has 1 aliphatic rings. The van der Waals surface area contributed by atoms with Crippen molar-refractivity contribution in [3.63, 3.8) is 0 Å². The van der Waals surface area contributed by atoms with E-state index in [9.17, 15) is 5.11 Å². The van der Waals surface area contributed by atoms with Gasteiger partial charge in [-0.25, -0.2) is 9.97 Å². The minimum atomic E-state index is 0.00417. The first-order chi connectivity index (χ1) is 15.2. The Morgan fingerprint density at radius 1 is 1.16 bits per heavy atom. The minimum Gasteiger partial charge on any atom is -0.455 e. The van der Waals surface area contributed by atoms with Crippen molar-refractivity contribution in [3.05, 3.63) is 70.3 Å². The van der Waals surface area contributed by atoms with Crippen LogP contribution in [0.25, 0.3) is 16.2 Å². The number of aliphatic hydroxyl groups excluding tert-OH is 1. The summed E-state index contributed by atoms with van der Waals surface area (Å²) in [6.45, 7) is 0.717. The SMILES string of the molecule is OCC1=Cc2c(ncnc2Nc2ccc(Oc3cccc4sccc34)c(Cl)c2)NCC1. The molecule has 8 heteroatoms. The van der Waals surface area contributed by atoms with Gasteiger partial charge in [-0.1, -0.05) is 17.7 Å². The lowest BCUT2D eigenvalue weighted by molar-refractivity contribution is 0.328. The van der Waals surface area contributed by atoms with E-state index in [4.69, 9.17) is 16.3 Å². The highest BCUT2D eigenvalue weighted by Crippen LogP contribution is 2.37. The van der Waals surface area contributed by atoms with E-state index in [1.165, 1.54) is 11.0 Å². The lowest BCUT2D eigenvalue weighted by Gasteiger charge is -2.13. The van der Waals surface area contributed by atoms with Gasteiger partial charge in [0, 0.05) is 22.3 Å². The van der Waals surface area contributed by atoms with Crippen LogP contribution in [0, 0.1) is 0 Å². The van der Waals surface area contributed by atoms with Crippen LogP contribution in [0.15, 0.2) is 59.7 Å². The molecule has 0 unspecified atom stereocenters. The van der Waals surface area contributed by atoms with E-state index in [2.05, 4.69) is 26.7 Å². The van der Waals surface area contributed by atoms with Crippen LogP contribution in [0.5, 0.6) is 11.5 Å². The van der Waals surface area contributed by atoms with Gasteiger partial charge in [0.05, 0.1) is 17.2 Å². The summed E-state index contributed by atoms with van der Waals surface area (Å²) in [4.78, 5) is 8.70. The topological polar surface area (TPSA) is 79.3 Å². The number of hydrogen-bond acceptors (Lipinski definition) is 7. The zero-order valence-electron chi connectivity index (χ0n) is 16.4. The zero-order chi connectivity index (χ0) is 21.2. The minimum absolute atomic E-state index is 0.00417. The molecule has 0 aliphatic carbocycles. The number of fused-ring (bicyclic) bond motifs is 2. The van der Waals surface area contributed by atoms with Gasteiger partial charge < -0.3 is 20.5 Å². The summed E-state index contributed by atoms with van der Waals surface area (Å²) in [5.74, 6) is 2.72. The Kier molecular flexibility index (Phi) is 5.46. The number of thiophene rings is 1. The summed E-state index contributed by atoms with van der Waals surface area (Å²) in [6.07, 6.45) is 4.19. The zero-order valence-corrected chi connectivity index (χ0v) is 18.0. The molecule has 3 N–H and O–H groups in total. The second-order valence-corrected chi connectivity index (χ2v) is 8.44. The van der Waals surface area contributed by atoms with Crippen LogP contribution in [-0.2, 0) is 0 Å². The molecule has 0 saturated heterocycles. The molecule has 2 aromatic carbocycles. The van der Waals surface area contributed by atoms with Crippen molar-refractivity contribution >= 4 is 56.4 Å². The molecule has 4 aromatic rings. The monoisotopic (exact) mass is 450 g/mol. The quantitative estimate of drug-likeness (QED) is 0.342. The molecule has 0 amide bonds. The van der Waals surface area contributed by atoms with E-state index in [0.717, 1.165) is 40.2 Å². The number of rotatable bonds is 5. The van der Waals surface area contributed by atoms with Gasteiger partial charge in [-0.3, -0.25) is 0 Å². The van der Waals surface area contributed by atoms with Crippen LogP contribution in [0.4, 0.5) is 17.3 Å². The van der Waals surface area contributed by atoms with Crippen molar-refractivity contribution in [1.82, 2.24) is 9.97 Å². The maximum atomic E-state index is 9.57. The number of ether oxygens (including phenoxy) is 1. The number of anilines is 3. The molecule has 0 spiro atoms. The summed E-state index contributed by atoms with van der Waals surface area (Å²) < 4.78 is 7.26. The number of aromatic nitrogens is 2. The van der Waals surface area contributed by atoms with Crippen LogP contribution in [0.2, 0.25) is 5.02 Å². The summed E-state index contributed by atoms with van der Waals surface area (Å²) in [6, 6.07) is 13.6. The fraction of sp³-hybridized carbons (Fsp3) is 0.130. The number of hydrogen-bond donors (Lipinski definition) is 3. The van der Waals surface area contributed by atoms with Crippen LogP contribution in [0.3, 0.4) is 0 Å². The smallest absolute Gasteiger partial charge is 0.146 e. The maximum absolute atomic E-state index is 9.57. The number of aliphatic hydroxyl groups is 1. The number of nitrogens with zero attached hydrogens (tertiary/aromatic N) is 2. The molecular weight excluding hydrogens is 432 g/mol. The number of nitrogens with one attached hydrogen (secondary N) is 2. The largest absolute Gasteiger partial charge is 0.455 e. The van der Waals surface area contributed by atoms with Crippen molar-refractivity contribution in [2.75, 3.05) is 23.8 Å². The van der Waals surface area contributed by atoms with E-state index in [-0.39, 0.29) is 6.61 Å². The van der Waals surface area contributed by atoms with Crippen molar-refractivity contribution in [1.29, 1.82) is 0 Å². The van der Waals surface area contributed by atoms with E-state index in [1.54, 1.807) is 17.4 Å². The lowest BCUT2D eigenvalue weighted by atomic mass is 10.1. The van der Waals surface area contributed by atoms with Gasteiger partial charge in [0.2, 0.25) is 0 Å². The van der Waals surface area contributed by atoms with Gasteiger partial charge in [0.1, 0.15) is 29.5 Å². The maximum Gasteiger partial charge on any atom is 0.146 e. The summed E-state index contributed by atoms with van der Waals surface area (Å²) in [7, 11) is 0. The molecule has 0 saturated carbocycles. The average Bonchev–Trinajstić information content (AvgIpc) is 3.16. The first kappa shape index (κ1) is 19.8. The summed E-state index contributed by atoms with van der Waals surface area (Å²) in [5.41, 5.74) is 2.51. The second kappa shape index (κ2) is 8.55. The molecule has 0 radical (unpaired) electrons. The van der Waals surface area contributed by atoms with E-state index >= 15 is 0 Å². The van der Waals surface area contributed by atoms with E-state index < -0.39 is 0 Å². The first-order valence-corrected chi connectivity index (χ1v) is 11.1. The Morgan fingerprint density at radius 3 is 2.97 bits per heavy atom. The van der Waals surface area contributed by atoms with Crippen LogP contribution in [0.1, 0.15) is 12.0 Å². The molecule has 0 fully saturated rings. The van der Waals surface area contributed by atoms with Crippen LogP contribution in [-0.4, -0.2) is 28.2 Å². The molecular formula is C23H19ClN4O2S. The van der Waals surface area contributed by atoms with Crippen molar-refractivity contribution in [3.8, 4) is 11.5 Å². The van der Waals surface area contributed by atoms with Crippen LogP contribution < -0.4 is 15.4 Å². The third-order valence-corrected chi connectivity index (χ3v) is 6.22. The molecule has 31 heavy (non-hydrogen) atoms. The molecule has 6 nitrogen and oxygen atoms in total. The standard InChI is InChI=1S/C23H19ClN4O2S/c24-18-11-15(4-5-20(18)30-19-2-1-3-21-16(19)7-9-31-21)28-23-17-10-14(12-29)6-8-25-22(17)26-13-27-23/h1-5,7,9-11,13,29H,6,8,12H2,(H2,25,26,27,28). The van der Waals surface area contributed by atoms with Gasteiger partial charge in [-0.15, -0.1) is 11.3 Å². The van der Waals surface area contributed by atoms with Crippen molar-refractivity contribution in [2.45, 2.75) is 6.42 Å². The first-order valence-electron chi connectivity index (χ1n) is 9.81. The van der Waals surface area contributed by atoms with Gasteiger partial charge >= 0.3 is 0 Å². The normalized spacial score (nSPS) is 13.2. The fourth-order valence-corrected chi connectivity index (χ4v) is 4.51. The average molecular weight is 451 g/mol. The van der Waals surface area contributed by atoms with E-state index in [0.29, 0.717) is 23.1 Å². The van der Waals surface area contributed by atoms with Gasteiger partial charge in [0.15, 0.2) is 0 Å². The Hall–Kier alpha value is -3.13. The predicted molar refractivity (Wildman–Crippen MR) is 127 cm³/mol. The highest BCUT2D eigenvalue weighted by Gasteiger charge is 2.15. The van der Waals surface area contributed by atoms with E-state index in [1.807, 2.05) is 41.8 Å². The van der Waals surface area contributed by atoms with Crippen LogP contribution >= 0.6 is 22.9 Å². The van der Waals surface area contributed by atoms with Gasteiger partial charge in [-0.05, 0) is 59.8 Å². The second-order valence-electron chi connectivity index (χ2n) is 7.08. The highest BCUT2D eigenvalue weighted by atomic mass is 35.5. The summed E-state index contributed by atoms with van der Waals surface area (Å²) in [5, 5.41) is 19.8. The molecule has 2 aromatic heterocycles. The molecule has 5 rings (SSSR count). The van der Waals surface area contributed by atoms with Crippen molar-refractivity contribution < 1.29 is 9.84 Å². The van der Waals surface area contributed by atoms with Gasteiger partial charge in [-0.2, -0.15) is 0 Å². The third kappa shape index (κ3) is 4.07. The lowest BCUT2D eigenvalue weighted by Crippen LogP contribution is -2.05. The Bertz CT molecular complexity index is 1290. The summed E-state index contributed by atoms with van der Waals surface area (Å²) >= 11 is 8.21. The Morgan fingerprint density at radius 2 is 2.10 bits per heavy atom. The fourth-order valence-electron chi connectivity index (χ4n) is 3.49. The molecule has 0 atom stereocenters. The molecule has 1 aliphatic heterocycles.